The Balaban J connectivity index is 1.91. The molecule has 1 aromatic carbocycles. The largest absolute Gasteiger partial charge is 0.356 e. The lowest BCUT2D eigenvalue weighted by atomic mass is 9.97. The Hall–Kier alpha value is -1.61. The third-order valence-electron chi connectivity index (χ3n) is 3.55. The third kappa shape index (κ3) is 2.71. The van der Waals surface area contributed by atoms with Gasteiger partial charge in [-0.2, -0.15) is 0 Å². The van der Waals surface area contributed by atoms with E-state index in [1.165, 1.54) is 18.4 Å². The highest BCUT2D eigenvalue weighted by atomic mass is 16.5. The molecule has 3 nitrogen and oxygen atoms in total. The van der Waals surface area contributed by atoms with E-state index in [4.69, 9.17) is 4.52 Å². The quantitative estimate of drug-likeness (QED) is 0.886. The molecule has 0 saturated heterocycles. The van der Waals surface area contributed by atoms with Crippen molar-refractivity contribution in [1.29, 1.82) is 0 Å². The number of hydrogen-bond donors (Lipinski definition) is 1. The van der Waals surface area contributed by atoms with Gasteiger partial charge in [0.1, 0.15) is 5.69 Å². The van der Waals surface area contributed by atoms with E-state index in [1.807, 2.05) is 18.2 Å². The molecule has 3 rings (SSSR count). The van der Waals surface area contributed by atoms with Crippen LogP contribution in [0.5, 0.6) is 0 Å². The van der Waals surface area contributed by atoms with E-state index in [1.54, 1.807) is 0 Å². The molecule has 1 aliphatic carbocycles. The molecule has 0 unspecified atom stereocenters. The topological polar surface area (TPSA) is 38.1 Å². The Labute approximate surface area is 114 Å². The van der Waals surface area contributed by atoms with E-state index in [2.05, 4.69) is 36.5 Å². The van der Waals surface area contributed by atoms with Crippen molar-refractivity contribution in [2.24, 2.45) is 0 Å². The molecule has 19 heavy (non-hydrogen) atoms. The average Bonchev–Trinajstić information content (AvgIpc) is 3.15. The minimum absolute atomic E-state index is 0.414. The summed E-state index contributed by atoms with van der Waals surface area (Å²) in [5.74, 6) is 1.33. The van der Waals surface area contributed by atoms with Crippen LogP contribution in [0.1, 0.15) is 43.9 Å². The summed E-state index contributed by atoms with van der Waals surface area (Å²) in [7, 11) is 0. The van der Waals surface area contributed by atoms with Gasteiger partial charge in [0, 0.05) is 23.7 Å². The van der Waals surface area contributed by atoms with Gasteiger partial charge < -0.3 is 9.84 Å². The molecule has 1 aliphatic rings. The fourth-order valence-corrected chi connectivity index (χ4v) is 2.38. The lowest BCUT2D eigenvalue weighted by Crippen LogP contribution is -2.16. The molecule has 3 heteroatoms. The first-order valence-corrected chi connectivity index (χ1v) is 7.03. The van der Waals surface area contributed by atoms with Crippen LogP contribution in [-0.4, -0.2) is 11.2 Å². The summed E-state index contributed by atoms with van der Waals surface area (Å²) in [6.07, 6.45) is 2.58. The zero-order chi connectivity index (χ0) is 13.2. The van der Waals surface area contributed by atoms with Crippen molar-refractivity contribution in [1.82, 2.24) is 10.5 Å². The van der Waals surface area contributed by atoms with Gasteiger partial charge in [-0.15, -0.1) is 0 Å². The van der Waals surface area contributed by atoms with E-state index in [-0.39, 0.29) is 0 Å². The van der Waals surface area contributed by atoms with Crippen molar-refractivity contribution in [3.8, 4) is 11.3 Å². The van der Waals surface area contributed by atoms with Gasteiger partial charge in [0.15, 0.2) is 5.76 Å². The van der Waals surface area contributed by atoms with E-state index in [9.17, 15) is 0 Å². The monoisotopic (exact) mass is 256 g/mol. The van der Waals surface area contributed by atoms with Gasteiger partial charge in [0.2, 0.25) is 0 Å². The average molecular weight is 256 g/mol. The summed E-state index contributed by atoms with van der Waals surface area (Å²) >= 11 is 0. The maximum absolute atomic E-state index is 5.61. The molecular formula is C16H20N2O. The minimum atomic E-state index is 0.414. The van der Waals surface area contributed by atoms with E-state index >= 15 is 0 Å². The second kappa shape index (κ2) is 5.17. The second-order valence-electron chi connectivity index (χ2n) is 5.55. The molecular weight excluding hydrogens is 236 g/mol. The smallest absolute Gasteiger partial charge is 0.170 e. The van der Waals surface area contributed by atoms with Crippen molar-refractivity contribution in [3.63, 3.8) is 0 Å². The molecule has 0 amide bonds. The summed E-state index contributed by atoms with van der Waals surface area (Å²) in [5, 5.41) is 7.79. The number of nitrogens with one attached hydrogen (secondary N) is 1. The third-order valence-corrected chi connectivity index (χ3v) is 3.55. The predicted molar refractivity (Wildman–Crippen MR) is 75.9 cm³/mol. The Morgan fingerprint density at radius 2 is 2.00 bits per heavy atom. The summed E-state index contributed by atoms with van der Waals surface area (Å²) in [6, 6.07) is 10.9. The van der Waals surface area contributed by atoms with Crippen LogP contribution in [0, 0.1) is 0 Å². The molecule has 1 heterocycles. The Morgan fingerprint density at radius 3 is 2.63 bits per heavy atom. The van der Waals surface area contributed by atoms with Crippen molar-refractivity contribution in [2.45, 2.75) is 45.2 Å². The molecule has 1 aromatic heterocycles. The van der Waals surface area contributed by atoms with Crippen LogP contribution in [0.15, 0.2) is 34.9 Å². The summed E-state index contributed by atoms with van der Waals surface area (Å²) in [5.41, 5.74) is 3.40. The van der Waals surface area contributed by atoms with Gasteiger partial charge in [-0.25, -0.2) is 0 Å². The standard InChI is InChI=1S/C16H20N2O/c1-11(2)15-14(10-17-13-8-9-13)18-19-16(15)12-6-4-3-5-7-12/h3-7,11,13,17H,8-10H2,1-2H3. The lowest BCUT2D eigenvalue weighted by Gasteiger charge is -2.08. The minimum Gasteiger partial charge on any atom is -0.356 e. The molecule has 0 atom stereocenters. The van der Waals surface area contributed by atoms with E-state index in [0.29, 0.717) is 12.0 Å². The highest BCUT2D eigenvalue weighted by molar-refractivity contribution is 5.62. The first kappa shape index (κ1) is 12.4. The van der Waals surface area contributed by atoms with Gasteiger partial charge >= 0.3 is 0 Å². The van der Waals surface area contributed by atoms with Gasteiger partial charge in [-0.3, -0.25) is 0 Å². The SMILES string of the molecule is CC(C)c1c(CNC2CC2)noc1-c1ccccc1. The van der Waals surface area contributed by atoms with Crippen LogP contribution >= 0.6 is 0 Å². The van der Waals surface area contributed by atoms with Gasteiger partial charge in [0.05, 0.1) is 0 Å². The van der Waals surface area contributed by atoms with Crippen LogP contribution in [0.25, 0.3) is 11.3 Å². The number of nitrogens with zero attached hydrogens (tertiary/aromatic N) is 1. The molecule has 0 radical (unpaired) electrons. The zero-order valence-corrected chi connectivity index (χ0v) is 11.5. The van der Waals surface area contributed by atoms with Crippen LogP contribution in [0.2, 0.25) is 0 Å². The predicted octanol–water partition coefficient (Wildman–Crippen LogP) is 3.72. The molecule has 0 spiro atoms. The number of rotatable bonds is 5. The molecule has 0 aliphatic heterocycles. The zero-order valence-electron chi connectivity index (χ0n) is 11.5. The summed E-state index contributed by atoms with van der Waals surface area (Å²) in [6.45, 7) is 5.20. The molecule has 1 fully saturated rings. The molecule has 2 aromatic rings. The van der Waals surface area contributed by atoms with Gasteiger partial charge in [-0.05, 0) is 18.8 Å². The summed E-state index contributed by atoms with van der Waals surface area (Å²) in [4.78, 5) is 0. The second-order valence-corrected chi connectivity index (χ2v) is 5.55. The van der Waals surface area contributed by atoms with Crippen molar-refractivity contribution >= 4 is 0 Å². The maximum atomic E-state index is 5.61. The van der Waals surface area contributed by atoms with Crippen LogP contribution < -0.4 is 5.32 Å². The van der Waals surface area contributed by atoms with Gasteiger partial charge in [-0.1, -0.05) is 49.3 Å². The molecule has 0 bridgehead atoms. The number of hydrogen-bond acceptors (Lipinski definition) is 3. The maximum Gasteiger partial charge on any atom is 0.170 e. The Morgan fingerprint density at radius 1 is 1.26 bits per heavy atom. The van der Waals surface area contributed by atoms with Crippen molar-refractivity contribution < 1.29 is 4.52 Å². The van der Waals surface area contributed by atoms with E-state index in [0.717, 1.165) is 23.6 Å². The molecule has 100 valence electrons. The highest BCUT2D eigenvalue weighted by Gasteiger charge is 2.24. The van der Waals surface area contributed by atoms with Crippen LogP contribution in [0.4, 0.5) is 0 Å². The Bertz CT molecular complexity index is 541. The fourth-order valence-electron chi connectivity index (χ4n) is 2.38. The Kier molecular flexibility index (Phi) is 3.38. The van der Waals surface area contributed by atoms with Crippen LogP contribution in [0.3, 0.4) is 0 Å². The normalized spacial score (nSPS) is 15.1. The number of benzene rings is 1. The fraction of sp³-hybridized carbons (Fsp3) is 0.438. The van der Waals surface area contributed by atoms with Gasteiger partial charge in [0.25, 0.3) is 0 Å². The molecule has 1 saturated carbocycles. The molecule has 1 N–H and O–H groups in total. The first-order valence-electron chi connectivity index (χ1n) is 7.03. The van der Waals surface area contributed by atoms with E-state index < -0.39 is 0 Å². The highest BCUT2D eigenvalue weighted by Crippen LogP contribution is 2.32. The lowest BCUT2D eigenvalue weighted by molar-refractivity contribution is 0.419. The van der Waals surface area contributed by atoms with Crippen molar-refractivity contribution in [2.75, 3.05) is 0 Å². The first-order chi connectivity index (χ1) is 9.25. The van der Waals surface area contributed by atoms with Crippen molar-refractivity contribution in [3.05, 3.63) is 41.6 Å². The number of aromatic nitrogens is 1. The van der Waals surface area contributed by atoms with Crippen LogP contribution in [-0.2, 0) is 6.54 Å². The summed E-state index contributed by atoms with van der Waals surface area (Å²) < 4.78 is 5.61.